The van der Waals surface area contributed by atoms with Gasteiger partial charge in [-0.05, 0) is 30.6 Å². The van der Waals surface area contributed by atoms with Crippen molar-refractivity contribution in [3.63, 3.8) is 0 Å². The topological polar surface area (TPSA) is 112 Å². The second-order valence-corrected chi connectivity index (χ2v) is 8.46. The highest BCUT2D eigenvalue weighted by Crippen LogP contribution is 2.42. The molecule has 2 N–H and O–H groups in total. The molecule has 4 unspecified atom stereocenters. The first-order chi connectivity index (χ1) is 12.7. The molecule has 2 aliphatic rings. The Morgan fingerprint density at radius 2 is 2.00 bits per heavy atom. The van der Waals surface area contributed by atoms with E-state index in [9.17, 15) is 19.5 Å². The van der Waals surface area contributed by atoms with E-state index in [-0.39, 0.29) is 23.6 Å². The van der Waals surface area contributed by atoms with Gasteiger partial charge in [-0.1, -0.05) is 27.2 Å². The van der Waals surface area contributed by atoms with E-state index < -0.39 is 29.4 Å². The molecule has 1 aromatic rings. The Labute approximate surface area is 158 Å². The summed E-state index contributed by atoms with van der Waals surface area (Å²) in [6.45, 7) is 5.56. The number of carbonyl (C=O) groups is 3. The van der Waals surface area contributed by atoms with Gasteiger partial charge in [-0.15, -0.1) is 0 Å². The lowest BCUT2D eigenvalue weighted by Crippen LogP contribution is -2.58. The van der Waals surface area contributed by atoms with Gasteiger partial charge in [-0.25, -0.2) is 9.78 Å². The molecule has 0 spiro atoms. The van der Waals surface area contributed by atoms with E-state index >= 15 is 0 Å². The number of carbonyl (C=O) groups excluding carboxylic acids is 2. The van der Waals surface area contributed by atoms with E-state index in [2.05, 4.69) is 15.3 Å². The van der Waals surface area contributed by atoms with Crippen molar-refractivity contribution in [2.45, 2.75) is 64.6 Å². The summed E-state index contributed by atoms with van der Waals surface area (Å²) < 4.78 is 0. The number of hydrogen-bond acceptors (Lipinski definition) is 5. The van der Waals surface area contributed by atoms with Gasteiger partial charge in [-0.2, -0.15) is 0 Å². The van der Waals surface area contributed by atoms with Crippen molar-refractivity contribution in [3.05, 3.63) is 24.3 Å². The quantitative estimate of drug-likeness (QED) is 0.825. The normalized spacial score (nSPS) is 25.7. The number of nitrogens with zero attached hydrogens (tertiary/aromatic N) is 3. The molecule has 1 aromatic heterocycles. The van der Waals surface area contributed by atoms with E-state index in [1.165, 1.54) is 23.5 Å². The predicted octanol–water partition coefficient (Wildman–Crippen LogP) is 1.48. The van der Waals surface area contributed by atoms with Crippen molar-refractivity contribution in [1.82, 2.24) is 20.2 Å². The van der Waals surface area contributed by atoms with Crippen LogP contribution in [0.5, 0.6) is 0 Å². The predicted molar refractivity (Wildman–Crippen MR) is 96.8 cm³/mol. The van der Waals surface area contributed by atoms with E-state index in [0.717, 1.165) is 19.3 Å². The first-order valence-corrected chi connectivity index (χ1v) is 9.32. The number of likely N-dealkylation sites (tertiary alicyclic amines) is 1. The zero-order valence-corrected chi connectivity index (χ0v) is 15.9. The van der Waals surface area contributed by atoms with Crippen LogP contribution in [0.25, 0.3) is 0 Å². The Hall–Kier alpha value is -2.51. The molecule has 2 heterocycles. The number of hydrogen-bond donors (Lipinski definition) is 2. The van der Waals surface area contributed by atoms with Crippen molar-refractivity contribution >= 4 is 17.8 Å². The molecule has 8 nitrogen and oxygen atoms in total. The number of aromatic nitrogens is 2. The van der Waals surface area contributed by atoms with Gasteiger partial charge in [0.25, 0.3) is 5.91 Å². The zero-order chi connectivity index (χ0) is 19.8. The summed E-state index contributed by atoms with van der Waals surface area (Å²) >= 11 is 0. The fraction of sp³-hybridized carbons (Fsp3) is 0.632. The molecule has 8 heteroatoms. The van der Waals surface area contributed by atoms with Crippen LogP contribution in [-0.2, 0) is 9.59 Å². The van der Waals surface area contributed by atoms with Crippen LogP contribution in [-0.4, -0.2) is 55.9 Å². The number of carboxylic acids is 1. The van der Waals surface area contributed by atoms with Crippen molar-refractivity contribution in [3.8, 4) is 0 Å². The van der Waals surface area contributed by atoms with Gasteiger partial charge in [-0.3, -0.25) is 14.6 Å². The van der Waals surface area contributed by atoms with Crippen LogP contribution < -0.4 is 5.32 Å². The third-order valence-corrected chi connectivity index (χ3v) is 5.56. The minimum absolute atomic E-state index is 0.0585. The maximum Gasteiger partial charge on any atom is 0.326 e. The van der Waals surface area contributed by atoms with E-state index in [0.29, 0.717) is 6.42 Å². The van der Waals surface area contributed by atoms with E-state index in [4.69, 9.17) is 0 Å². The fourth-order valence-electron chi connectivity index (χ4n) is 4.25. The van der Waals surface area contributed by atoms with Gasteiger partial charge in [0.2, 0.25) is 5.91 Å². The molecule has 0 bridgehead atoms. The summed E-state index contributed by atoms with van der Waals surface area (Å²) in [5, 5.41) is 12.4. The Morgan fingerprint density at radius 1 is 1.26 bits per heavy atom. The Balaban J connectivity index is 1.87. The smallest absolute Gasteiger partial charge is 0.326 e. The van der Waals surface area contributed by atoms with Gasteiger partial charge >= 0.3 is 5.97 Å². The number of aliphatic carboxylic acids is 1. The number of amides is 2. The van der Waals surface area contributed by atoms with Gasteiger partial charge in [0.1, 0.15) is 17.8 Å². The average molecular weight is 374 g/mol. The molecule has 4 atom stereocenters. The monoisotopic (exact) mass is 374 g/mol. The molecular formula is C19H26N4O4. The molecule has 27 heavy (non-hydrogen) atoms. The Kier molecular flexibility index (Phi) is 5.17. The molecule has 0 radical (unpaired) electrons. The zero-order valence-electron chi connectivity index (χ0n) is 15.9. The standard InChI is InChI=1S/C19H26N4O4/c1-19(2,3)15(22-16(24)12-10-20-7-8-21-12)17(25)23-13-6-4-5-11(13)9-14(23)18(26)27/h7-8,10-11,13-15H,4-6,9H2,1-3H3,(H,22,24)(H,26,27). The van der Waals surface area contributed by atoms with Crippen molar-refractivity contribution in [1.29, 1.82) is 0 Å². The summed E-state index contributed by atoms with van der Waals surface area (Å²) in [6, 6.07) is -1.74. The molecule has 1 saturated carbocycles. The second-order valence-electron chi connectivity index (χ2n) is 8.46. The van der Waals surface area contributed by atoms with Gasteiger partial charge in [0.15, 0.2) is 0 Å². The van der Waals surface area contributed by atoms with Crippen LogP contribution in [0.3, 0.4) is 0 Å². The highest BCUT2D eigenvalue weighted by molar-refractivity contribution is 5.97. The van der Waals surface area contributed by atoms with Crippen molar-refractivity contribution < 1.29 is 19.5 Å². The van der Waals surface area contributed by atoms with Crippen molar-refractivity contribution in [2.75, 3.05) is 0 Å². The van der Waals surface area contributed by atoms with Crippen molar-refractivity contribution in [2.24, 2.45) is 11.3 Å². The fourth-order valence-corrected chi connectivity index (χ4v) is 4.25. The molecular weight excluding hydrogens is 348 g/mol. The molecule has 1 aliphatic heterocycles. The number of carboxylic acid groups (broad SMARTS) is 1. The number of fused-ring (bicyclic) bond motifs is 1. The average Bonchev–Trinajstić information content (AvgIpc) is 3.19. The maximum atomic E-state index is 13.4. The summed E-state index contributed by atoms with van der Waals surface area (Å²) in [5.74, 6) is -1.58. The maximum absolute atomic E-state index is 13.4. The van der Waals surface area contributed by atoms with E-state index in [1.807, 2.05) is 20.8 Å². The summed E-state index contributed by atoms with van der Waals surface area (Å²) in [6.07, 6.45) is 7.46. The molecule has 1 aliphatic carbocycles. The first-order valence-electron chi connectivity index (χ1n) is 9.32. The minimum Gasteiger partial charge on any atom is -0.480 e. The highest BCUT2D eigenvalue weighted by atomic mass is 16.4. The SMILES string of the molecule is CC(C)(C)C(NC(=O)c1cnccn1)C(=O)N1C(C(=O)O)CC2CCCC21. The number of rotatable bonds is 4. The summed E-state index contributed by atoms with van der Waals surface area (Å²) in [4.78, 5) is 47.1. The van der Waals surface area contributed by atoms with Gasteiger partial charge in [0, 0.05) is 18.4 Å². The number of nitrogens with one attached hydrogen (secondary N) is 1. The van der Waals surface area contributed by atoms with Crippen LogP contribution in [0.1, 0.15) is 56.9 Å². The second kappa shape index (κ2) is 7.25. The lowest BCUT2D eigenvalue weighted by molar-refractivity contribution is -0.151. The van der Waals surface area contributed by atoms with Crippen LogP contribution >= 0.6 is 0 Å². The lowest BCUT2D eigenvalue weighted by atomic mass is 9.85. The summed E-state index contributed by atoms with van der Waals surface area (Å²) in [7, 11) is 0. The largest absolute Gasteiger partial charge is 0.480 e. The lowest BCUT2D eigenvalue weighted by Gasteiger charge is -2.37. The molecule has 3 rings (SSSR count). The van der Waals surface area contributed by atoms with Crippen LogP contribution in [0.4, 0.5) is 0 Å². The third kappa shape index (κ3) is 3.79. The first kappa shape index (κ1) is 19.3. The molecule has 146 valence electrons. The Bertz CT molecular complexity index is 731. The van der Waals surface area contributed by atoms with Gasteiger partial charge in [0.05, 0.1) is 6.20 Å². The van der Waals surface area contributed by atoms with Gasteiger partial charge < -0.3 is 15.3 Å². The molecule has 2 fully saturated rings. The van der Waals surface area contributed by atoms with E-state index in [1.54, 1.807) is 0 Å². The molecule has 2 amide bonds. The minimum atomic E-state index is -0.981. The Morgan fingerprint density at radius 3 is 2.59 bits per heavy atom. The van der Waals surface area contributed by atoms with Crippen LogP contribution in [0, 0.1) is 11.3 Å². The molecule has 0 aromatic carbocycles. The highest BCUT2D eigenvalue weighted by Gasteiger charge is 2.51. The third-order valence-electron chi connectivity index (χ3n) is 5.56. The summed E-state index contributed by atoms with van der Waals surface area (Å²) in [5.41, 5.74) is -0.469. The van der Waals surface area contributed by atoms with Crippen LogP contribution in [0.2, 0.25) is 0 Å². The van der Waals surface area contributed by atoms with Crippen LogP contribution in [0.15, 0.2) is 18.6 Å². The molecule has 1 saturated heterocycles.